The van der Waals surface area contributed by atoms with Crippen LogP contribution in [0, 0.1) is 5.92 Å². The summed E-state index contributed by atoms with van der Waals surface area (Å²) in [6.45, 7) is 0. The van der Waals surface area contributed by atoms with Gasteiger partial charge in [0.25, 0.3) is 0 Å². The number of hydrogen-bond donors (Lipinski definition) is 1. The zero-order chi connectivity index (χ0) is 20.2. The largest absolute Gasteiger partial charge is 0.338 e. The fourth-order valence-electron chi connectivity index (χ4n) is 3.71. The van der Waals surface area contributed by atoms with Crippen LogP contribution in [0.2, 0.25) is 0 Å². The van der Waals surface area contributed by atoms with Crippen LogP contribution < -0.4 is 5.32 Å². The van der Waals surface area contributed by atoms with Crippen LogP contribution in [0.4, 0.5) is 5.13 Å². The van der Waals surface area contributed by atoms with Gasteiger partial charge in [0.2, 0.25) is 16.9 Å². The van der Waals surface area contributed by atoms with E-state index >= 15 is 0 Å². The molecule has 29 heavy (non-hydrogen) atoms. The molecular formula is C22H22N4O2S. The minimum Gasteiger partial charge on any atom is -0.338 e. The van der Waals surface area contributed by atoms with Gasteiger partial charge in [-0.05, 0) is 17.5 Å². The quantitative estimate of drug-likeness (QED) is 0.680. The van der Waals surface area contributed by atoms with Crippen LogP contribution in [0.5, 0.6) is 0 Å². The van der Waals surface area contributed by atoms with Crippen LogP contribution in [0.25, 0.3) is 0 Å². The highest BCUT2D eigenvalue weighted by Crippen LogP contribution is 2.37. The molecule has 7 heteroatoms. The maximum Gasteiger partial charge on any atom is 0.232 e. The number of carbonyl (C=O) groups excluding carboxylic acids is 2. The number of anilines is 1. The molecule has 1 aliphatic rings. The first-order chi connectivity index (χ1) is 14.1. The molecule has 4 rings (SSSR count). The molecule has 2 amide bonds. The number of aromatic nitrogens is 2. The van der Waals surface area contributed by atoms with E-state index in [-0.39, 0.29) is 24.3 Å². The lowest BCUT2D eigenvalue weighted by molar-refractivity contribution is -0.127. The Morgan fingerprint density at radius 2 is 1.76 bits per heavy atom. The summed E-state index contributed by atoms with van der Waals surface area (Å²) in [5, 5.41) is 12.5. The Kier molecular flexibility index (Phi) is 5.67. The van der Waals surface area contributed by atoms with E-state index in [1.807, 2.05) is 48.5 Å². The van der Waals surface area contributed by atoms with Crippen LogP contribution in [0.15, 0.2) is 60.7 Å². The summed E-state index contributed by atoms with van der Waals surface area (Å²) in [5.74, 6) is -0.673. The molecule has 1 aliphatic heterocycles. The first-order valence-electron chi connectivity index (χ1n) is 9.59. The average molecular weight is 407 g/mol. The van der Waals surface area contributed by atoms with Crippen molar-refractivity contribution in [2.24, 2.45) is 5.92 Å². The Bertz CT molecular complexity index is 990. The third kappa shape index (κ3) is 4.35. The van der Waals surface area contributed by atoms with E-state index in [1.165, 1.54) is 16.9 Å². The van der Waals surface area contributed by atoms with Crippen molar-refractivity contribution < 1.29 is 9.59 Å². The zero-order valence-electron chi connectivity index (χ0n) is 16.1. The average Bonchev–Trinajstić information content (AvgIpc) is 3.32. The second kappa shape index (κ2) is 8.53. The van der Waals surface area contributed by atoms with Gasteiger partial charge in [0.05, 0.1) is 12.0 Å². The number of hydrogen-bond acceptors (Lipinski definition) is 5. The lowest BCUT2D eigenvalue weighted by Crippen LogP contribution is -2.29. The summed E-state index contributed by atoms with van der Waals surface area (Å²) < 4.78 is 0. The molecule has 0 aliphatic carbocycles. The molecule has 0 radical (unpaired) electrons. The van der Waals surface area contributed by atoms with Crippen molar-refractivity contribution in [3.8, 4) is 0 Å². The van der Waals surface area contributed by atoms with Crippen molar-refractivity contribution in [1.29, 1.82) is 0 Å². The summed E-state index contributed by atoms with van der Waals surface area (Å²) in [6, 6.07) is 19.6. The van der Waals surface area contributed by atoms with Gasteiger partial charge in [-0.25, -0.2) is 0 Å². The molecule has 3 aromatic rings. The van der Waals surface area contributed by atoms with Gasteiger partial charge in [-0.1, -0.05) is 72.0 Å². The van der Waals surface area contributed by atoms with Crippen LogP contribution >= 0.6 is 11.3 Å². The Hall–Kier alpha value is -3.06. The van der Waals surface area contributed by atoms with Gasteiger partial charge in [0, 0.05) is 19.9 Å². The van der Waals surface area contributed by atoms with Gasteiger partial charge in [0.1, 0.15) is 5.01 Å². The van der Waals surface area contributed by atoms with E-state index in [0.717, 1.165) is 23.4 Å². The van der Waals surface area contributed by atoms with Crippen molar-refractivity contribution in [3.63, 3.8) is 0 Å². The van der Waals surface area contributed by atoms with Crippen molar-refractivity contribution in [2.45, 2.75) is 25.3 Å². The van der Waals surface area contributed by atoms with Crippen LogP contribution in [0.3, 0.4) is 0 Å². The first-order valence-corrected chi connectivity index (χ1v) is 10.4. The predicted octanol–water partition coefficient (Wildman–Crippen LogP) is 3.48. The number of benzene rings is 2. The van der Waals surface area contributed by atoms with Crippen molar-refractivity contribution >= 4 is 28.3 Å². The lowest BCUT2D eigenvalue weighted by atomic mass is 9.93. The van der Waals surface area contributed by atoms with Gasteiger partial charge < -0.3 is 10.2 Å². The monoisotopic (exact) mass is 406 g/mol. The topological polar surface area (TPSA) is 75.2 Å². The van der Waals surface area contributed by atoms with Crippen molar-refractivity contribution in [3.05, 3.63) is 76.8 Å². The normalized spacial score (nSPS) is 18.8. The molecule has 0 bridgehead atoms. The molecule has 148 valence electrons. The van der Waals surface area contributed by atoms with E-state index in [4.69, 9.17) is 0 Å². The Morgan fingerprint density at radius 1 is 1.07 bits per heavy atom. The summed E-state index contributed by atoms with van der Waals surface area (Å²) >= 11 is 1.39. The second-order valence-electron chi connectivity index (χ2n) is 7.15. The van der Waals surface area contributed by atoms with Gasteiger partial charge in [-0.2, -0.15) is 0 Å². The number of carbonyl (C=O) groups is 2. The molecule has 2 heterocycles. The Balaban J connectivity index is 1.42. The molecule has 1 fully saturated rings. The smallest absolute Gasteiger partial charge is 0.232 e. The molecular weight excluding hydrogens is 384 g/mol. The van der Waals surface area contributed by atoms with E-state index in [1.54, 1.807) is 11.9 Å². The number of nitrogens with one attached hydrogen (secondary N) is 1. The standard InChI is InChI=1S/C22H22N4O2S/c1-26-19(27)14-17(20(26)16-10-6-3-7-11-16)21(28)23-22-25-24-18(29-22)13-12-15-8-4-2-5-9-15/h2-11,17,20H,12-14H2,1H3,(H,23,25,28)/t17-,20-/m0/s1. The number of likely N-dealkylation sites (tertiary alicyclic amines) is 1. The number of aryl methyl sites for hydroxylation is 2. The predicted molar refractivity (Wildman–Crippen MR) is 112 cm³/mol. The van der Waals surface area contributed by atoms with E-state index < -0.39 is 5.92 Å². The van der Waals surface area contributed by atoms with Gasteiger partial charge in [0.15, 0.2) is 0 Å². The molecule has 0 unspecified atom stereocenters. The fraction of sp³-hybridized carbons (Fsp3) is 0.273. The molecule has 0 saturated carbocycles. The minimum atomic E-state index is -0.452. The highest BCUT2D eigenvalue weighted by Gasteiger charge is 2.42. The van der Waals surface area contributed by atoms with Gasteiger partial charge in [-0.15, -0.1) is 10.2 Å². The lowest BCUT2D eigenvalue weighted by Gasteiger charge is -2.24. The maximum atomic E-state index is 12.9. The molecule has 1 saturated heterocycles. The third-order valence-electron chi connectivity index (χ3n) is 5.23. The van der Waals surface area contributed by atoms with E-state index in [9.17, 15) is 9.59 Å². The Morgan fingerprint density at radius 3 is 2.48 bits per heavy atom. The van der Waals surface area contributed by atoms with E-state index in [0.29, 0.717) is 5.13 Å². The minimum absolute atomic E-state index is 0.0279. The molecule has 1 N–H and O–H groups in total. The van der Waals surface area contributed by atoms with Crippen LogP contribution in [0.1, 0.15) is 28.6 Å². The highest BCUT2D eigenvalue weighted by atomic mass is 32.1. The molecule has 6 nitrogen and oxygen atoms in total. The third-order valence-corrected chi connectivity index (χ3v) is 6.13. The molecule has 1 aromatic heterocycles. The molecule has 2 atom stereocenters. The first kappa shape index (κ1) is 19.3. The van der Waals surface area contributed by atoms with Crippen molar-refractivity contribution in [1.82, 2.24) is 15.1 Å². The second-order valence-corrected chi connectivity index (χ2v) is 8.21. The summed E-state index contributed by atoms with van der Waals surface area (Å²) in [4.78, 5) is 26.9. The summed E-state index contributed by atoms with van der Waals surface area (Å²) in [7, 11) is 1.75. The fourth-order valence-corrected chi connectivity index (χ4v) is 4.45. The number of nitrogens with zero attached hydrogens (tertiary/aromatic N) is 3. The van der Waals surface area contributed by atoms with Crippen LogP contribution in [-0.2, 0) is 22.4 Å². The molecule has 2 aromatic carbocycles. The number of amides is 2. The van der Waals surface area contributed by atoms with Crippen LogP contribution in [-0.4, -0.2) is 34.0 Å². The van der Waals surface area contributed by atoms with Crippen molar-refractivity contribution in [2.75, 3.05) is 12.4 Å². The summed E-state index contributed by atoms with van der Waals surface area (Å²) in [6.07, 6.45) is 1.85. The summed E-state index contributed by atoms with van der Waals surface area (Å²) in [5.41, 5.74) is 2.20. The Labute approximate surface area is 173 Å². The highest BCUT2D eigenvalue weighted by molar-refractivity contribution is 7.15. The number of rotatable bonds is 6. The van der Waals surface area contributed by atoms with E-state index in [2.05, 4.69) is 27.6 Å². The van der Waals surface area contributed by atoms with Gasteiger partial charge >= 0.3 is 0 Å². The zero-order valence-corrected chi connectivity index (χ0v) is 16.9. The maximum absolute atomic E-state index is 12.9. The molecule has 0 spiro atoms. The van der Waals surface area contributed by atoms with Gasteiger partial charge in [-0.3, -0.25) is 9.59 Å². The SMILES string of the molecule is CN1C(=O)C[C@H](C(=O)Nc2nnc(CCc3ccccc3)s2)[C@@H]1c1ccccc1.